The third-order valence-corrected chi connectivity index (χ3v) is 7.11. The van der Waals surface area contributed by atoms with Gasteiger partial charge >= 0.3 is 0 Å². The Balaban J connectivity index is 2.46. The first-order valence-corrected chi connectivity index (χ1v) is 12.6. The molecule has 3 aromatic rings. The molecule has 0 aliphatic heterocycles. The Labute approximate surface area is 152 Å². The van der Waals surface area contributed by atoms with Gasteiger partial charge in [-0.2, -0.15) is 0 Å². The van der Waals surface area contributed by atoms with E-state index in [-0.39, 0.29) is 0 Å². The topological polar surface area (TPSA) is 54.7 Å². The second-order valence-corrected chi connectivity index (χ2v) is 13.2. The first kappa shape index (κ1) is 17.2. The van der Waals surface area contributed by atoms with Gasteiger partial charge in [0.25, 0.3) is 0 Å². The van der Waals surface area contributed by atoms with Crippen LogP contribution in [0.15, 0.2) is 28.9 Å². The van der Waals surface area contributed by atoms with Crippen LogP contribution in [0.5, 0.6) is 0 Å². The van der Waals surface area contributed by atoms with Crippen LogP contribution in [0.1, 0.15) is 18.1 Å². The molecular weight excluding hydrogens is 378 g/mol. The van der Waals surface area contributed by atoms with Crippen molar-refractivity contribution >= 4 is 46.0 Å². The third kappa shape index (κ3) is 2.80. The highest BCUT2D eigenvalue weighted by Crippen LogP contribution is 2.35. The van der Waals surface area contributed by atoms with E-state index in [0.29, 0.717) is 0 Å². The first-order valence-electron chi connectivity index (χ1n) is 8.30. The van der Waals surface area contributed by atoms with Crippen molar-refractivity contribution in [2.75, 3.05) is 5.73 Å². The van der Waals surface area contributed by atoms with E-state index in [1.54, 1.807) is 0 Å². The zero-order chi connectivity index (χ0) is 17.6. The maximum atomic E-state index is 6.21. The number of anilines is 1. The molecular formula is C19H24BrN3Si. The van der Waals surface area contributed by atoms with E-state index in [0.717, 1.165) is 27.8 Å². The van der Waals surface area contributed by atoms with Gasteiger partial charge in [0.15, 0.2) is 0 Å². The molecule has 0 atom stereocenters. The summed E-state index contributed by atoms with van der Waals surface area (Å²) in [4.78, 5) is 8.27. The number of halogens is 1. The fraction of sp³-hybridized carbons (Fsp3) is 0.316. The van der Waals surface area contributed by atoms with Crippen LogP contribution < -0.4 is 11.1 Å². The molecule has 3 rings (SSSR count). The van der Waals surface area contributed by atoms with Crippen molar-refractivity contribution in [1.29, 1.82) is 0 Å². The summed E-state index contributed by atoms with van der Waals surface area (Å²) in [5.41, 5.74) is 12.9. The van der Waals surface area contributed by atoms with E-state index in [1.165, 1.54) is 27.4 Å². The van der Waals surface area contributed by atoms with E-state index in [4.69, 9.17) is 5.73 Å². The fourth-order valence-corrected chi connectivity index (χ4v) is 5.28. The zero-order valence-electron chi connectivity index (χ0n) is 14.9. The van der Waals surface area contributed by atoms with Gasteiger partial charge in [0, 0.05) is 32.6 Å². The van der Waals surface area contributed by atoms with Crippen molar-refractivity contribution in [3.8, 4) is 11.1 Å². The van der Waals surface area contributed by atoms with Crippen LogP contribution >= 0.6 is 15.9 Å². The second-order valence-electron chi connectivity index (χ2n) is 7.36. The van der Waals surface area contributed by atoms with E-state index in [2.05, 4.69) is 70.7 Å². The number of H-pyrrole nitrogens is 1. The normalized spacial score (nSPS) is 12.1. The van der Waals surface area contributed by atoms with Crippen LogP contribution in [0, 0.1) is 6.92 Å². The van der Waals surface area contributed by atoms with E-state index in [1.807, 2.05) is 13.1 Å². The SMILES string of the molecule is CCc1c(Br)cnc2[nH]c([Si](C)(C)C)c(-c3ccc(C)c(N)c3)c12. The predicted molar refractivity (Wildman–Crippen MR) is 111 cm³/mol. The summed E-state index contributed by atoms with van der Waals surface area (Å²) >= 11 is 3.68. The standard InChI is InChI=1S/C19H24BrN3Si/c1-6-13-14(20)10-22-18-17(13)16(19(23-18)24(3,4)5)12-8-7-11(2)15(21)9-12/h7-10H,6,21H2,1-5H3,(H,22,23). The number of hydrogen-bond acceptors (Lipinski definition) is 2. The molecule has 0 aliphatic carbocycles. The third-order valence-electron chi connectivity index (χ3n) is 4.55. The number of rotatable bonds is 3. The van der Waals surface area contributed by atoms with E-state index < -0.39 is 8.07 Å². The number of aromatic amines is 1. The number of nitrogen functional groups attached to an aromatic ring is 1. The highest BCUT2D eigenvalue weighted by molar-refractivity contribution is 9.10. The number of hydrogen-bond donors (Lipinski definition) is 2. The number of benzene rings is 1. The summed E-state index contributed by atoms with van der Waals surface area (Å²) in [6, 6.07) is 6.38. The molecule has 3 nitrogen and oxygen atoms in total. The monoisotopic (exact) mass is 401 g/mol. The lowest BCUT2D eigenvalue weighted by molar-refractivity contribution is 1.13. The van der Waals surface area contributed by atoms with Gasteiger partial charge in [-0.1, -0.05) is 38.7 Å². The molecule has 0 bridgehead atoms. The Morgan fingerprint density at radius 2 is 1.96 bits per heavy atom. The van der Waals surface area contributed by atoms with Crippen LogP contribution in [-0.2, 0) is 6.42 Å². The number of nitrogens with two attached hydrogens (primary N) is 1. The van der Waals surface area contributed by atoms with Gasteiger partial charge in [-0.3, -0.25) is 0 Å². The number of pyridine rings is 1. The van der Waals surface area contributed by atoms with Crippen molar-refractivity contribution in [3.05, 3.63) is 40.0 Å². The summed E-state index contributed by atoms with van der Waals surface area (Å²) in [7, 11) is -1.58. The van der Waals surface area contributed by atoms with Gasteiger partial charge in [-0.15, -0.1) is 0 Å². The van der Waals surface area contributed by atoms with Crippen molar-refractivity contribution in [3.63, 3.8) is 0 Å². The van der Waals surface area contributed by atoms with Crippen LogP contribution in [0.3, 0.4) is 0 Å². The number of aryl methyl sites for hydroxylation is 2. The summed E-state index contributed by atoms with van der Waals surface area (Å²) in [5, 5.41) is 2.56. The quantitative estimate of drug-likeness (QED) is 0.479. The average Bonchev–Trinajstić information content (AvgIpc) is 2.90. The predicted octanol–water partition coefficient (Wildman–Crippen LogP) is 4.99. The van der Waals surface area contributed by atoms with Crippen LogP contribution in [0.25, 0.3) is 22.2 Å². The molecule has 0 saturated carbocycles. The van der Waals surface area contributed by atoms with Crippen molar-refractivity contribution < 1.29 is 0 Å². The van der Waals surface area contributed by atoms with Crippen LogP contribution in [-0.4, -0.2) is 18.0 Å². The Kier molecular flexibility index (Phi) is 4.34. The average molecular weight is 402 g/mol. The molecule has 0 fully saturated rings. The minimum absolute atomic E-state index is 0.837. The van der Waals surface area contributed by atoms with Crippen molar-refractivity contribution in [2.24, 2.45) is 0 Å². The molecule has 5 heteroatoms. The number of nitrogens with zero attached hydrogens (tertiary/aromatic N) is 1. The molecule has 0 unspecified atom stereocenters. The fourth-order valence-electron chi connectivity index (χ4n) is 3.19. The molecule has 0 radical (unpaired) electrons. The largest absolute Gasteiger partial charge is 0.398 e. The minimum Gasteiger partial charge on any atom is -0.398 e. The number of aromatic nitrogens is 2. The lowest BCUT2D eigenvalue weighted by Crippen LogP contribution is -2.39. The second kappa shape index (κ2) is 6.04. The van der Waals surface area contributed by atoms with Gasteiger partial charge in [0.05, 0.1) is 8.07 Å². The van der Waals surface area contributed by atoms with Gasteiger partial charge < -0.3 is 10.7 Å². The van der Waals surface area contributed by atoms with Gasteiger partial charge in [0.1, 0.15) is 5.65 Å². The van der Waals surface area contributed by atoms with E-state index >= 15 is 0 Å². The Hall–Kier alpha value is -1.59. The lowest BCUT2D eigenvalue weighted by Gasteiger charge is -2.18. The van der Waals surface area contributed by atoms with Crippen LogP contribution in [0.4, 0.5) is 5.69 Å². The Morgan fingerprint density at radius 1 is 1.25 bits per heavy atom. The summed E-state index contributed by atoms with van der Waals surface area (Å²) < 4.78 is 1.07. The number of nitrogens with one attached hydrogen (secondary N) is 1. The summed E-state index contributed by atoms with van der Waals surface area (Å²) in [6.45, 7) is 11.3. The summed E-state index contributed by atoms with van der Waals surface area (Å²) in [5.74, 6) is 0. The number of fused-ring (bicyclic) bond motifs is 1. The molecule has 2 aromatic heterocycles. The Morgan fingerprint density at radius 3 is 2.54 bits per heavy atom. The molecule has 0 aliphatic rings. The van der Waals surface area contributed by atoms with Gasteiger partial charge in [-0.05, 0) is 52.0 Å². The highest BCUT2D eigenvalue weighted by atomic mass is 79.9. The minimum atomic E-state index is -1.58. The van der Waals surface area contributed by atoms with Crippen molar-refractivity contribution in [2.45, 2.75) is 39.9 Å². The maximum absolute atomic E-state index is 6.21. The molecule has 3 N–H and O–H groups in total. The molecule has 2 heterocycles. The summed E-state index contributed by atoms with van der Waals surface area (Å²) in [6.07, 6.45) is 2.86. The molecule has 24 heavy (non-hydrogen) atoms. The van der Waals surface area contributed by atoms with Gasteiger partial charge in [-0.25, -0.2) is 4.98 Å². The first-order chi connectivity index (χ1) is 11.2. The molecule has 0 amide bonds. The maximum Gasteiger partial charge on any atom is 0.138 e. The zero-order valence-corrected chi connectivity index (χ0v) is 17.5. The molecule has 0 saturated heterocycles. The molecule has 126 valence electrons. The van der Waals surface area contributed by atoms with Crippen molar-refractivity contribution in [1.82, 2.24) is 9.97 Å². The van der Waals surface area contributed by atoms with Gasteiger partial charge in [0.2, 0.25) is 0 Å². The Bertz CT molecular complexity index is 922. The van der Waals surface area contributed by atoms with E-state index in [9.17, 15) is 0 Å². The van der Waals surface area contributed by atoms with Crippen LogP contribution in [0.2, 0.25) is 19.6 Å². The molecule has 1 aromatic carbocycles. The lowest BCUT2D eigenvalue weighted by atomic mass is 9.99. The highest BCUT2D eigenvalue weighted by Gasteiger charge is 2.27. The smallest absolute Gasteiger partial charge is 0.138 e. The molecule has 0 spiro atoms.